The van der Waals surface area contributed by atoms with Gasteiger partial charge in [-0.1, -0.05) is 0 Å². The summed E-state index contributed by atoms with van der Waals surface area (Å²) in [6.45, 7) is 0.296. The summed E-state index contributed by atoms with van der Waals surface area (Å²) in [4.78, 5) is 50.8. The molecule has 24 N–H and O–H groups in total. The summed E-state index contributed by atoms with van der Waals surface area (Å²) < 4.78 is 90.0. The van der Waals surface area contributed by atoms with E-state index in [0.29, 0.717) is 0 Å². The molecule has 8 saturated heterocycles. The number of amides is 4. The van der Waals surface area contributed by atoms with Crippen molar-refractivity contribution in [2.24, 2.45) is 0 Å². The summed E-state index contributed by atoms with van der Waals surface area (Å²) >= 11 is 0. The Morgan fingerprint density at radius 1 is 0.283 bits per heavy atom. The third kappa shape index (κ3) is 18.1. The monoisotopic (exact) mass is 1450 g/mol. The highest BCUT2D eigenvalue weighted by molar-refractivity contribution is 5.74. The molecule has 0 aromatic carbocycles. The highest BCUT2D eigenvalue weighted by atomic mass is 16.8. The summed E-state index contributed by atoms with van der Waals surface area (Å²) in [6, 6.07) is -7.14. The summed E-state index contributed by atoms with van der Waals surface area (Å²) in [5.74, 6) is -3.43. The Hall–Kier alpha value is -3.52. The van der Waals surface area contributed by atoms with Gasteiger partial charge in [-0.05, 0) is 13.8 Å². The minimum Gasteiger partial charge on any atom is -0.394 e. The topological polar surface area (TPSA) is 659 Å². The molecule has 0 spiro atoms. The average Bonchev–Trinajstić information content (AvgIpc) is 0.766. The van der Waals surface area contributed by atoms with Crippen LogP contribution >= 0.6 is 0 Å². The van der Waals surface area contributed by atoms with Crippen LogP contribution in [0.25, 0.3) is 0 Å². The van der Waals surface area contributed by atoms with Gasteiger partial charge in [-0.15, -0.1) is 0 Å². The van der Waals surface area contributed by atoms with Crippen molar-refractivity contribution >= 4 is 23.6 Å². The Bertz CT molecular complexity index is 2600. The lowest BCUT2D eigenvalue weighted by Crippen LogP contribution is -2.71. The predicted octanol–water partition coefficient (Wildman–Crippen LogP) is -15.8. The molecule has 1 unspecified atom stereocenters. The SMILES string of the molecule is CC(=O)N[C@H]1[C@H](OC[C@H]2OC(O)[C@H](NC(C)=O)[C@@H](O[C@@H]3O[C@H](CO)[C@H](O)[C@H](O[C@H]4O[C@H](CO)[C@H](O)[C@H](O)[C@H]4NC(C)=O)[C@H]3O[C@@H]3O[C@@H](C)[C@@H](O)[C@@H](O)[C@@H]3O)[C@H]2O)O[C@H](CO)[C@@H](O[C@@H]2O[C@H](CO)[C@H](O)[C@H](O[C@H]3O[C@H](CO)[C@H](O)[C@H](O)[C@H]3NC(C)=O)[C@H]2O[C@@H]2O[C@@H](C)[C@@H](O)[C@@H](O)[C@@H]2O)[C@@H]1O. The number of aliphatic hydroxyl groups excluding tert-OH is 20. The Kier molecular flexibility index (Phi) is 28.7. The molecule has 8 aliphatic heterocycles. The molecule has 0 saturated carbocycles. The van der Waals surface area contributed by atoms with E-state index in [0.717, 1.165) is 27.7 Å². The van der Waals surface area contributed by atoms with Crippen LogP contribution < -0.4 is 21.3 Å². The first-order chi connectivity index (χ1) is 46.7. The maximum atomic E-state index is 13.0. The first kappa shape index (κ1) is 81.2. The number of carbonyl (C=O) groups excluding carboxylic acids is 4. The van der Waals surface area contributed by atoms with E-state index in [2.05, 4.69) is 21.3 Å². The summed E-state index contributed by atoms with van der Waals surface area (Å²) in [7, 11) is 0. The molecule has 0 radical (unpaired) electrons. The van der Waals surface area contributed by atoms with Gasteiger partial charge < -0.3 is 194 Å². The van der Waals surface area contributed by atoms with E-state index >= 15 is 0 Å². The molecule has 8 fully saturated rings. The Morgan fingerprint density at radius 2 is 0.596 bits per heavy atom. The van der Waals surface area contributed by atoms with Crippen molar-refractivity contribution in [1.29, 1.82) is 0 Å². The van der Waals surface area contributed by atoms with Crippen molar-refractivity contribution < 1.29 is 192 Å². The summed E-state index contributed by atoms with van der Waals surface area (Å²) in [5, 5.41) is 231. The Balaban J connectivity index is 1.09. The van der Waals surface area contributed by atoms with E-state index in [9.17, 15) is 121 Å². The first-order valence-electron chi connectivity index (χ1n) is 31.8. The normalized spacial score (nSPS) is 49.1. The average molecular weight is 1450 g/mol. The van der Waals surface area contributed by atoms with Gasteiger partial charge in [-0.2, -0.15) is 0 Å². The Morgan fingerprint density at radius 3 is 0.980 bits per heavy atom. The van der Waals surface area contributed by atoms with Crippen molar-refractivity contribution in [2.75, 3.05) is 39.6 Å². The largest absolute Gasteiger partial charge is 0.394 e. The van der Waals surface area contributed by atoms with Crippen LogP contribution in [-0.2, 0) is 90.2 Å². The molecular formula is C56H94N4O39. The summed E-state index contributed by atoms with van der Waals surface area (Å²) in [6.07, 6.45) is -70.1. The second-order valence-electron chi connectivity index (χ2n) is 25.3. The molecule has 0 aromatic rings. The number of hydrogen-bond donors (Lipinski definition) is 24. The van der Waals surface area contributed by atoms with Gasteiger partial charge in [0.2, 0.25) is 23.6 Å². The molecule has 0 bridgehead atoms. The van der Waals surface area contributed by atoms with E-state index in [1.807, 2.05) is 0 Å². The molecule has 4 amide bonds. The van der Waals surface area contributed by atoms with E-state index in [1.165, 1.54) is 13.8 Å². The maximum absolute atomic E-state index is 13.0. The third-order valence-electron chi connectivity index (χ3n) is 18.2. The zero-order valence-corrected chi connectivity index (χ0v) is 54.0. The first-order valence-corrected chi connectivity index (χ1v) is 31.8. The van der Waals surface area contributed by atoms with Gasteiger partial charge in [-0.3, -0.25) is 19.2 Å². The predicted molar refractivity (Wildman–Crippen MR) is 308 cm³/mol. The molecule has 99 heavy (non-hydrogen) atoms. The van der Waals surface area contributed by atoms with Crippen LogP contribution in [-0.4, -0.2) is 411 Å². The van der Waals surface area contributed by atoms with Crippen molar-refractivity contribution in [3.63, 3.8) is 0 Å². The number of aliphatic hydroxyl groups is 20. The van der Waals surface area contributed by atoms with E-state index in [1.54, 1.807) is 0 Å². The highest BCUT2D eigenvalue weighted by Crippen LogP contribution is 2.40. The fourth-order valence-corrected chi connectivity index (χ4v) is 12.8. The number of nitrogens with one attached hydrogen (secondary N) is 4. The Labute approximate surface area is 562 Å². The second kappa shape index (κ2) is 35.0. The van der Waals surface area contributed by atoms with Crippen LogP contribution in [0.15, 0.2) is 0 Å². The smallest absolute Gasteiger partial charge is 0.217 e. The molecule has 43 heteroatoms. The minimum atomic E-state index is -2.24. The minimum absolute atomic E-state index is 0.815. The van der Waals surface area contributed by atoms with Gasteiger partial charge in [0.15, 0.2) is 50.3 Å². The standard InChI is InChI=1S/C56H94N4O39/c1-13-29(70)39(80)41(82)53(86-13)98-47-45(96-51-25(57-15(3)66)36(77)31(72)19(7-61)89-51)33(74)21(9-63)91-55(47)94-43-23(11-65)93-50(27(38(43)79)59-17(5)68)85-12-24-35(76)44(28(49(84)88-24)60-18(6)69)95-56-48(99-54-42(83)40(81)30(71)14(2)87-54)46(34(75)22(10-64)92-56)97-52-26(58-16(4)67)37(78)32(73)20(8-62)90-52/h13-14,19-56,61-65,70-84H,7-12H2,1-6H3,(H,57,66)(H,58,67)(H,59,68)(H,60,69)/t13-,14-,19+,20+,21+,22+,23+,24+,25+,26+,27+,28+,29+,30+,31-,32-,33-,34-,35-,36+,37+,38+,39+,40+,41-,42-,43+,44+,45-,46-,47+,48+,49?,50+,51+,52+,53-,54-,55-,56-/m0/s1. The van der Waals surface area contributed by atoms with Crippen LogP contribution in [0.1, 0.15) is 41.5 Å². The van der Waals surface area contributed by atoms with Crippen molar-refractivity contribution in [1.82, 2.24) is 21.3 Å². The number of hydrogen-bond acceptors (Lipinski definition) is 39. The van der Waals surface area contributed by atoms with Crippen LogP contribution in [0.3, 0.4) is 0 Å². The third-order valence-corrected chi connectivity index (χ3v) is 18.2. The lowest BCUT2D eigenvalue weighted by molar-refractivity contribution is -0.400. The van der Waals surface area contributed by atoms with Crippen LogP contribution in [0.5, 0.6) is 0 Å². The molecule has 8 rings (SSSR count). The molecule has 8 aliphatic rings. The molecule has 0 aliphatic carbocycles. The highest BCUT2D eigenvalue weighted by Gasteiger charge is 2.60. The molecule has 8 heterocycles. The molecule has 0 aromatic heterocycles. The van der Waals surface area contributed by atoms with Gasteiger partial charge >= 0.3 is 0 Å². The fraction of sp³-hybridized carbons (Fsp3) is 0.929. The number of ether oxygens (including phenoxy) is 15. The van der Waals surface area contributed by atoms with Gasteiger partial charge in [-0.25, -0.2) is 0 Å². The lowest BCUT2D eigenvalue weighted by atomic mass is 9.94. The van der Waals surface area contributed by atoms with Gasteiger partial charge in [0, 0.05) is 27.7 Å². The maximum Gasteiger partial charge on any atom is 0.217 e. The van der Waals surface area contributed by atoms with Crippen LogP contribution in [0.4, 0.5) is 0 Å². The van der Waals surface area contributed by atoms with Crippen molar-refractivity contribution in [2.45, 2.75) is 287 Å². The molecule has 40 atom stereocenters. The molecule has 572 valence electrons. The summed E-state index contributed by atoms with van der Waals surface area (Å²) in [5.41, 5.74) is 0. The van der Waals surface area contributed by atoms with Gasteiger partial charge in [0.1, 0.15) is 183 Å². The van der Waals surface area contributed by atoms with Crippen molar-refractivity contribution in [3.05, 3.63) is 0 Å². The molecule has 43 nitrogen and oxygen atoms in total. The number of carbonyl (C=O) groups is 4. The van der Waals surface area contributed by atoms with Gasteiger partial charge in [0.25, 0.3) is 0 Å². The quantitative estimate of drug-likeness (QED) is 0.0427. The second-order valence-corrected chi connectivity index (χ2v) is 25.3. The number of rotatable bonds is 24. The zero-order valence-electron chi connectivity index (χ0n) is 54.0. The van der Waals surface area contributed by atoms with E-state index < -0.39 is 309 Å². The molecular weight excluding hydrogens is 1350 g/mol. The van der Waals surface area contributed by atoms with Gasteiger partial charge in [0.05, 0.1) is 51.8 Å². The van der Waals surface area contributed by atoms with Crippen LogP contribution in [0, 0.1) is 0 Å². The lowest BCUT2D eigenvalue weighted by Gasteiger charge is -2.51. The van der Waals surface area contributed by atoms with E-state index in [-0.39, 0.29) is 0 Å². The van der Waals surface area contributed by atoms with Crippen LogP contribution in [0.2, 0.25) is 0 Å². The fourth-order valence-electron chi connectivity index (χ4n) is 12.8. The van der Waals surface area contributed by atoms with Crippen molar-refractivity contribution in [3.8, 4) is 0 Å². The van der Waals surface area contributed by atoms with E-state index in [4.69, 9.17) is 71.1 Å². The zero-order chi connectivity index (χ0) is 73.1.